The molecule has 3 aromatic rings. The number of benzene rings is 2. The molecule has 0 bridgehead atoms. The molecule has 0 radical (unpaired) electrons. The van der Waals surface area contributed by atoms with Crippen LogP contribution in [0, 0.1) is 0 Å². The second kappa shape index (κ2) is 13.5. The number of aromatic nitrogens is 4. The van der Waals surface area contributed by atoms with E-state index >= 15 is 0 Å². The van der Waals surface area contributed by atoms with E-state index in [0.29, 0.717) is 23.7 Å². The monoisotopic (exact) mass is 593 g/mol. The lowest BCUT2D eigenvalue weighted by atomic mass is 10.1. The van der Waals surface area contributed by atoms with Gasteiger partial charge in [0.05, 0.1) is 21.2 Å². The molecule has 0 aliphatic heterocycles. The van der Waals surface area contributed by atoms with Crippen molar-refractivity contribution in [2.45, 2.75) is 85.5 Å². The largest absolute Gasteiger partial charge is 0.489 e. The van der Waals surface area contributed by atoms with Crippen molar-refractivity contribution < 1.29 is 23.8 Å². The first kappa shape index (κ1) is 32.8. The van der Waals surface area contributed by atoms with Crippen LogP contribution in [-0.2, 0) is 32.2 Å². The summed E-state index contributed by atoms with van der Waals surface area (Å²) in [5, 5.41) is 17.2. The van der Waals surface area contributed by atoms with Crippen molar-refractivity contribution in [3.05, 3.63) is 59.9 Å². The molecule has 0 saturated heterocycles. The molecule has 1 aromatic heterocycles. The van der Waals surface area contributed by atoms with Gasteiger partial charge in [-0.2, -0.15) is 0 Å². The average molecular weight is 594 g/mol. The second-order valence-electron chi connectivity index (χ2n) is 13.2. The van der Waals surface area contributed by atoms with Crippen molar-refractivity contribution in [3.63, 3.8) is 0 Å². The molecule has 2 aromatic carbocycles. The minimum Gasteiger partial charge on any atom is -0.489 e. The number of hydrogen-bond acceptors (Lipinski definition) is 10. The zero-order valence-corrected chi connectivity index (χ0v) is 27.2. The molecule has 10 nitrogen and oxygen atoms in total. The van der Waals surface area contributed by atoms with Gasteiger partial charge in [0, 0.05) is 17.7 Å². The maximum atomic E-state index is 12.8. The van der Waals surface area contributed by atoms with Crippen molar-refractivity contribution >= 4 is 25.2 Å². The number of nitrogens with zero attached hydrogens (tertiary/aromatic N) is 5. The van der Waals surface area contributed by atoms with Crippen LogP contribution in [0.3, 0.4) is 0 Å². The standard InChI is InChI=1S/C31H43N5O5Si/c1-30(2,3)40-27(37)18-36(19-28(38)41-31(4,5)6)17-24-13-12-23(29-34-32-21-33-35-29)16-26(24)39-20-22-10-14-25(15-11-22)42(7,8)9/h10-16,21H,17-20H2,1-9H3. The van der Waals surface area contributed by atoms with Gasteiger partial charge in [-0.3, -0.25) is 14.5 Å². The van der Waals surface area contributed by atoms with Gasteiger partial charge in [0.25, 0.3) is 0 Å². The second-order valence-corrected chi connectivity index (χ2v) is 18.3. The Morgan fingerprint density at radius 3 is 1.86 bits per heavy atom. The highest BCUT2D eigenvalue weighted by atomic mass is 28.3. The first-order valence-corrected chi connectivity index (χ1v) is 17.5. The van der Waals surface area contributed by atoms with Crippen molar-refractivity contribution in [2.24, 2.45) is 0 Å². The van der Waals surface area contributed by atoms with Crippen LogP contribution in [0.25, 0.3) is 11.4 Å². The number of carbonyl (C=O) groups is 2. The smallest absolute Gasteiger partial charge is 0.320 e. The van der Waals surface area contributed by atoms with Crippen LogP contribution in [0.2, 0.25) is 19.6 Å². The van der Waals surface area contributed by atoms with Crippen molar-refractivity contribution in [1.29, 1.82) is 0 Å². The van der Waals surface area contributed by atoms with Gasteiger partial charge < -0.3 is 14.2 Å². The van der Waals surface area contributed by atoms with Gasteiger partial charge in [-0.25, -0.2) is 0 Å². The minimum absolute atomic E-state index is 0.106. The van der Waals surface area contributed by atoms with Crippen molar-refractivity contribution in [1.82, 2.24) is 25.3 Å². The lowest BCUT2D eigenvalue weighted by Gasteiger charge is -2.27. The highest BCUT2D eigenvalue weighted by Gasteiger charge is 2.25. The molecule has 0 aliphatic rings. The number of esters is 2. The van der Waals surface area contributed by atoms with E-state index in [1.807, 2.05) is 18.2 Å². The Morgan fingerprint density at radius 2 is 1.36 bits per heavy atom. The molecule has 0 aliphatic carbocycles. The van der Waals surface area contributed by atoms with Gasteiger partial charge in [-0.15, -0.1) is 20.4 Å². The first-order chi connectivity index (χ1) is 19.5. The molecule has 1 heterocycles. The van der Waals surface area contributed by atoms with Gasteiger partial charge in [-0.05, 0) is 53.2 Å². The predicted molar refractivity (Wildman–Crippen MR) is 164 cm³/mol. The van der Waals surface area contributed by atoms with Crippen LogP contribution < -0.4 is 9.92 Å². The highest BCUT2D eigenvalue weighted by molar-refractivity contribution is 6.88. The third kappa shape index (κ3) is 10.9. The molecule has 11 heteroatoms. The Labute approximate surface area is 249 Å². The Bertz CT molecular complexity index is 1320. The third-order valence-corrected chi connectivity index (χ3v) is 7.95. The molecule has 0 atom stereocenters. The van der Waals surface area contributed by atoms with E-state index in [4.69, 9.17) is 14.2 Å². The Balaban J connectivity index is 1.91. The van der Waals surface area contributed by atoms with E-state index < -0.39 is 31.2 Å². The van der Waals surface area contributed by atoms with Crippen LogP contribution in [0.15, 0.2) is 48.8 Å². The van der Waals surface area contributed by atoms with E-state index in [-0.39, 0.29) is 19.6 Å². The molecule has 0 N–H and O–H groups in total. The van der Waals surface area contributed by atoms with E-state index in [2.05, 4.69) is 64.3 Å². The SMILES string of the molecule is CC(C)(C)OC(=O)CN(CC(=O)OC(C)(C)C)Cc1ccc(-c2nncnn2)cc1OCc1ccc([Si](C)(C)C)cc1. The van der Waals surface area contributed by atoms with E-state index in [1.54, 1.807) is 46.4 Å². The van der Waals surface area contributed by atoms with Crippen LogP contribution in [0.5, 0.6) is 5.75 Å². The number of carbonyl (C=O) groups excluding carboxylic acids is 2. The maximum absolute atomic E-state index is 12.8. The van der Waals surface area contributed by atoms with Gasteiger partial charge in [-0.1, -0.05) is 61.2 Å². The summed E-state index contributed by atoms with van der Waals surface area (Å²) in [5.41, 5.74) is 1.14. The number of rotatable bonds is 11. The average Bonchev–Trinajstić information content (AvgIpc) is 2.86. The molecule has 0 fully saturated rings. The van der Waals surface area contributed by atoms with E-state index in [0.717, 1.165) is 11.1 Å². The summed E-state index contributed by atoms with van der Waals surface area (Å²) in [7, 11) is -1.42. The summed E-state index contributed by atoms with van der Waals surface area (Å²) in [4.78, 5) is 27.3. The fourth-order valence-electron chi connectivity index (χ4n) is 4.06. The topological polar surface area (TPSA) is 117 Å². The van der Waals surface area contributed by atoms with E-state index in [9.17, 15) is 9.59 Å². The molecular weight excluding hydrogens is 550 g/mol. The summed E-state index contributed by atoms with van der Waals surface area (Å²) < 4.78 is 17.4. The Kier molecular flexibility index (Phi) is 10.6. The zero-order chi connectivity index (χ0) is 31.1. The van der Waals surface area contributed by atoms with Crippen LogP contribution in [0.1, 0.15) is 52.7 Å². The van der Waals surface area contributed by atoms with Gasteiger partial charge >= 0.3 is 11.9 Å². The van der Waals surface area contributed by atoms with E-state index in [1.165, 1.54) is 11.5 Å². The molecular formula is C31H43N5O5Si. The lowest BCUT2D eigenvalue weighted by molar-refractivity contribution is -0.160. The number of ether oxygens (including phenoxy) is 3. The Hall–Kier alpha value is -3.70. The highest BCUT2D eigenvalue weighted by Crippen LogP contribution is 2.27. The van der Waals surface area contributed by atoms with Crippen LogP contribution in [0.4, 0.5) is 0 Å². The molecule has 226 valence electrons. The summed E-state index contributed by atoms with van der Waals surface area (Å²) >= 11 is 0. The number of hydrogen-bond donors (Lipinski definition) is 0. The fraction of sp³-hybridized carbons (Fsp3) is 0.484. The van der Waals surface area contributed by atoms with Crippen molar-refractivity contribution in [3.8, 4) is 17.1 Å². The quantitative estimate of drug-likeness (QED) is 0.232. The summed E-state index contributed by atoms with van der Waals surface area (Å²) in [6.45, 7) is 18.1. The first-order valence-electron chi connectivity index (χ1n) is 14.0. The summed E-state index contributed by atoms with van der Waals surface area (Å²) in [5.74, 6) is 0.0327. The van der Waals surface area contributed by atoms with Crippen LogP contribution in [-0.4, -0.2) is 69.6 Å². The molecule has 0 spiro atoms. The molecule has 0 saturated carbocycles. The Morgan fingerprint density at radius 1 is 0.810 bits per heavy atom. The molecule has 3 rings (SSSR count). The summed E-state index contributed by atoms with van der Waals surface area (Å²) in [6, 6.07) is 14.0. The normalized spacial score (nSPS) is 12.2. The molecule has 42 heavy (non-hydrogen) atoms. The van der Waals surface area contributed by atoms with Gasteiger partial charge in [0.1, 0.15) is 23.6 Å². The zero-order valence-electron chi connectivity index (χ0n) is 26.2. The maximum Gasteiger partial charge on any atom is 0.320 e. The van der Waals surface area contributed by atoms with Crippen molar-refractivity contribution in [2.75, 3.05) is 13.1 Å². The summed E-state index contributed by atoms with van der Waals surface area (Å²) in [6.07, 6.45) is 1.27. The molecule has 0 unspecified atom stereocenters. The molecule has 0 amide bonds. The minimum atomic E-state index is -1.42. The van der Waals surface area contributed by atoms with Crippen LogP contribution >= 0.6 is 0 Å². The third-order valence-electron chi connectivity index (χ3n) is 5.89. The van der Waals surface area contributed by atoms with Gasteiger partial charge in [0.2, 0.25) is 5.82 Å². The lowest BCUT2D eigenvalue weighted by Crippen LogP contribution is -2.39. The van der Waals surface area contributed by atoms with Gasteiger partial charge in [0.15, 0.2) is 6.33 Å². The predicted octanol–water partition coefficient (Wildman–Crippen LogP) is 4.54. The fourth-order valence-corrected chi connectivity index (χ4v) is 5.23.